The topological polar surface area (TPSA) is 65.0 Å². The van der Waals surface area contributed by atoms with E-state index in [1.54, 1.807) is 36.5 Å². The number of benzene rings is 4. The summed E-state index contributed by atoms with van der Waals surface area (Å²) < 4.78 is 11.5. The van der Waals surface area contributed by atoms with E-state index in [-0.39, 0.29) is 0 Å². The van der Waals surface area contributed by atoms with Gasteiger partial charge < -0.3 is 9.47 Å². The Balaban J connectivity index is 1.51. The number of ether oxygens (including phenoxy) is 2. The number of nitrogens with zero attached hydrogens (tertiary/aromatic N) is 1. The number of carbonyl (C=O) groups excluding carboxylic acids is 2. The number of thiophene rings is 1. The van der Waals surface area contributed by atoms with Gasteiger partial charge in [0.25, 0.3) is 0 Å². The molecule has 1 aromatic heterocycles. The molecule has 7 heteroatoms. The molecule has 0 amide bonds. The lowest BCUT2D eigenvalue weighted by molar-refractivity contribution is 0.0600. The van der Waals surface area contributed by atoms with Crippen molar-refractivity contribution in [3.05, 3.63) is 106 Å². The Morgan fingerprint density at radius 3 is 2.31 bits per heavy atom. The summed E-state index contributed by atoms with van der Waals surface area (Å²) in [5, 5.41) is 3.07. The quantitative estimate of drug-likeness (QED) is 0.143. The number of methoxy groups -OCH3 is 1. The van der Waals surface area contributed by atoms with E-state index in [2.05, 4.69) is 4.99 Å². The minimum absolute atomic E-state index is 0.349. The fourth-order valence-corrected chi connectivity index (χ4v) is 5.11. The molecule has 35 heavy (non-hydrogen) atoms. The molecule has 0 N–H and O–H groups in total. The molecule has 0 radical (unpaired) electrons. The Morgan fingerprint density at radius 1 is 0.857 bits per heavy atom. The van der Waals surface area contributed by atoms with Crippen LogP contribution in [0.3, 0.4) is 0 Å². The van der Waals surface area contributed by atoms with Crippen LogP contribution in [0.25, 0.3) is 20.9 Å². The van der Waals surface area contributed by atoms with Gasteiger partial charge in [0.1, 0.15) is 10.6 Å². The zero-order valence-corrected chi connectivity index (χ0v) is 20.1. The number of aliphatic imine (C=N–C) groups is 1. The van der Waals surface area contributed by atoms with Crippen molar-refractivity contribution in [1.82, 2.24) is 0 Å². The molecule has 0 bridgehead atoms. The molecule has 5 aromatic rings. The predicted octanol–water partition coefficient (Wildman–Crippen LogP) is 7.46. The highest BCUT2D eigenvalue weighted by Crippen LogP contribution is 2.36. The lowest BCUT2D eigenvalue weighted by atomic mass is 10.0. The third-order valence-corrected chi connectivity index (χ3v) is 7.14. The molecule has 1 heterocycles. The molecule has 0 unspecified atom stereocenters. The Morgan fingerprint density at radius 2 is 1.57 bits per heavy atom. The summed E-state index contributed by atoms with van der Waals surface area (Å²) in [7, 11) is 1.34. The van der Waals surface area contributed by atoms with E-state index < -0.39 is 11.9 Å². The molecule has 0 aliphatic carbocycles. The summed E-state index contributed by atoms with van der Waals surface area (Å²) in [4.78, 5) is 29.7. The van der Waals surface area contributed by atoms with Gasteiger partial charge in [0.2, 0.25) is 0 Å². The second-order valence-electron chi connectivity index (χ2n) is 7.63. The molecular formula is C28H18ClNO4S. The molecule has 172 valence electrons. The molecule has 5 nitrogen and oxygen atoms in total. The van der Waals surface area contributed by atoms with E-state index in [4.69, 9.17) is 21.1 Å². The van der Waals surface area contributed by atoms with Crippen molar-refractivity contribution in [3.63, 3.8) is 0 Å². The highest BCUT2D eigenvalue weighted by Gasteiger charge is 2.20. The number of hydrogen-bond acceptors (Lipinski definition) is 6. The third kappa shape index (κ3) is 4.54. The maximum Gasteiger partial charge on any atom is 0.355 e. The van der Waals surface area contributed by atoms with Gasteiger partial charge in [-0.15, -0.1) is 11.3 Å². The number of halogens is 1. The van der Waals surface area contributed by atoms with E-state index >= 15 is 0 Å². The van der Waals surface area contributed by atoms with Crippen molar-refractivity contribution in [2.45, 2.75) is 0 Å². The smallest absolute Gasteiger partial charge is 0.355 e. The summed E-state index contributed by atoms with van der Waals surface area (Å²) >= 11 is 7.79. The van der Waals surface area contributed by atoms with Crippen LogP contribution in [0.15, 0.2) is 89.9 Å². The SMILES string of the molecule is COC(=O)c1ccc(N=Cc2c(OC(=O)c3sc4ccccc4c3Cl)ccc3ccccc23)cc1. The summed E-state index contributed by atoms with van der Waals surface area (Å²) in [5.41, 5.74) is 1.73. The molecule has 0 fully saturated rings. The first-order chi connectivity index (χ1) is 17.0. The van der Waals surface area contributed by atoms with Crippen LogP contribution in [-0.4, -0.2) is 25.3 Å². The van der Waals surface area contributed by atoms with Crippen LogP contribution in [-0.2, 0) is 4.74 Å². The van der Waals surface area contributed by atoms with Crippen molar-refractivity contribution in [1.29, 1.82) is 0 Å². The fourth-order valence-electron chi connectivity index (χ4n) is 3.73. The van der Waals surface area contributed by atoms with Gasteiger partial charge in [-0.25, -0.2) is 9.59 Å². The summed E-state index contributed by atoms with van der Waals surface area (Å²) in [6.07, 6.45) is 1.66. The Kier molecular flexibility index (Phi) is 6.31. The average Bonchev–Trinajstić information content (AvgIpc) is 3.24. The first-order valence-electron chi connectivity index (χ1n) is 10.7. The fraction of sp³-hybridized carbons (Fsp3) is 0.0357. The largest absolute Gasteiger partial charge is 0.465 e. The normalized spacial score (nSPS) is 11.3. The molecule has 4 aromatic carbocycles. The lowest BCUT2D eigenvalue weighted by Crippen LogP contribution is -2.09. The molecular weight excluding hydrogens is 482 g/mol. The van der Waals surface area contributed by atoms with Gasteiger partial charge in [0.15, 0.2) is 0 Å². The lowest BCUT2D eigenvalue weighted by Gasteiger charge is -2.10. The standard InChI is InChI=1S/C28H18ClNO4S/c1-33-27(31)18-10-13-19(14-11-18)30-16-22-20-7-3-2-6-17(20)12-15-23(22)34-28(32)26-25(29)21-8-4-5-9-24(21)35-26/h2-16H,1H3. The zero-order valence-electron chi connectivity index (χ0n) is 18.5. The van der Waals surface area contributed by atoms with Gasteiger partial charge in [-0.05, 0) is 47.2 Å². The van der Waals surface area contributed by atoms with Crippen molar-refractivity contribution in [2.24, 2.45) is 4.99 Å². The highest BCUT2D eigenvalue weighted by atomic mass is 35.5. The van der Waals surface area contributed by atoms with Crippen LogP contribution >= 0.6 is 22.9 Å². The van der Waals surface area contributed by atoms with Crippen molar-refractivity contribution in [2.75, 3.05) is 7.11 Å². The van der Waals surface area contributed by atoms with Gasteiger partial charge in [0, 0.05) is 21.9 Å². The molecule has 5 rings (SSSR count). The van der Waals surface area contributed by atoms with Crippen LogP contribution in [0.2, 0.25) is 5.02 Å². The van der Waals surface area contributed by atoms with Gasteiger partial charge in [0.05, 0.1) is 23.4 Å². The Labute approximate surface area is 210 Å². The van der Waals surface area contributed by atoms with Crippen molar-refractivity contribution in [3.8, 4) is 5.75 Å². The van der Waals surface area contributed by atoms with Gasteiger partial charge in [-0.2, -0.15) is 0 Å². The number of carbonyl (C=O) groups is 2. The van der Waals surface area contributed by atoms with Crippen LogP contribution in [0, 0.1) is 0 Å². The minimum Gasteiger partial charge on any atom is -0.465 e. The van der Waals surface area contributed by atoms with E-state index in [9.17, 15) is 9.59 Å². The van der Waals surface area contributed by atoms with Gasteiger partial charge >= 0.3 is 11.9 Å². The highest BCUT2D eigenvalue weighted by molar-refractivity contribution is 7.21. The van der Waals surface area contributed by atoms with E-state index in [1.165, 1.54) is 18.4 Å². The van der Waals surface area contributed by atoms with E-state index in [0.717, 1.165) is 20.9 Å². The number of esters is 2. The number of hydrogen-bond donors (Lipinski definition) is 0. The van der Waals surface area contributed by atoms with Crippen LogP contribution in [0.4, 0.5) is 5.69 Å². The van der Waals surface area contributed by atoms with E-state index in [1.807, 2.05) is 54.6 Å². The maximum absolute atomic E-state index is 13.1. The Bertz CT molecular complexity index is 1610. The van der Waals surface area contributed by atoms with Crippen LogP contribution in [0.5, 0.6) is 5.75 Å². The molecule has 0 aliphatic heterocycles. The summed E-state index contributed by atoms with van der Waals surface area (Å²) in [5.74, 6) is -0.565. The first kappa shape index (κ1) is 22.8. The van der Waals surface area contributed by atoms with Crippen molar-refractivity contribution < 1.29 is 19.1 Å². The Hall–Kier alpha value is -4.00. The third-order valence-electron chi connectivity index (χ3n) is 5.48. The average molecular weight is 500 g/mol. The first-order valence-corrected chi connectivity index (χ1v) is 11.9. The monoisotopic (exact) mass is 499 g/mol. The summed E-state index contributed by atoms with van der Waals surface area (Å²) in [6, 6.07) is 25.7. The molecule has 0 aliphatic rings. The van der Waals surface area contributed by atoms with Gasteiger partial charge in [-0.3, -0.25) is 4.99 Å². The molecule has 0 atom stereocenters. The molecule has 0 spiro atoms. The van der Waals surface area contributed by atoms with Crippen LogP contribution < -0.4 is 4.74 Å². The summed E-state index contributed by atoms with van der Waals surface area (Å²) in [6.45, 7) is 0. The van der Waals surface area contributed by atoms with Crippen LogP contribution in [0.1, 0.15) is 25.6 Å². The number of rotatable bonds is 5. The second-order valence-corrected chi connectivity index (χ2v) is 9.06. The minimum atomic E-state index is -0.524. The zero-order chi connectivity index (χ0) is 24.4. The number of fused-ring (bicyclic) bond motifs is 2. The maximum atomic E-state index is 13.1. The second kappa shape index (κ2) is 9.70. The molecule has 0 saturated heterocycles. The predicted molar refractivity (Wildman–Crippen MR) is 141 cm³/mol. The van der Waals surface area contributed by atoms with Gasteiger partial charge in [-0.1, -0.05) is 60.1 Å². The molecule has 0 saturated carbocycles. The van der Waals surface area contributed by atoms with E-state index in [0.29, 0.717) is 32.5 Å². The van der Waals surface area contributed by atoms with Crippen molar-refractivity contribution >= 4 is 67.6 Å².